The number of nitrogens with zero attached hydrogens (tertiary/aromatic N) is 1. The van der Waals surface area contributed by atoms with E-state index in [9.17, 15) is 14.9 Å². The molecule has 1 fully saturated rings. The van der Waals surface area contributed by atoms with E-state index in [-0.39, 0.29) is 30.8 Å². The first-order chi connectivity index (χ1) is 15.8. The predicted molar refractivity (Wildman–Crippen MR) is 124 cm³/mol. The monoisotopic (exact) mass is 449 g/mol. The second-order valence-corrected chi connectivity index (χ2v) is 8.56. The lowest BCUT2D eigenvalue weighted by atomic mass is 9.89. The standard InChI is InChI=1S/C27H31NO5/c1-5-20-6-8-21(9-7-20)10-22-11-23(12-24(15-28)17(22)2)27-14-25(32-19(4)30)13-26(33-27)16-31-18(3)29/h6-9,11-12,25-27H,5,10,13-14,16H2,1-4H3/t25-,26-,27+/m0/s1. The van der Waals surface area contributed by atoms with Crippen molar-refractivity contribution >= 4 is 11.9 Å². The maximum atomic E-state index is 11.6. The molecule has 6 heteroatoms. The third kappa shape index (κ3) is 6.66. The number of benzene rings is 2. The van der Waals surface area contributed by atoms with Gasteiger partial charge in [-0.05, 0) is 53.6 Å². The number of carbonyl (C=O) groups excluding carboxylic acids is 2. The van der Waals surface area contributed by atoms with Gasteiger partial charge >= 0.3 is 11.9 Å². The zero-order valence-corrected chi connectivity index (χ0v) is 19.7. The highest BCUT2D eigenvalue weighted by Gasteiger charge is 2.33. The molecule has 0 radical (unpaired) electrons. The lowest BCUT2D eigenvalue weighted by Crippen LogP contribution is -2.37. The molecule has 0 bridgehead atoms. The van der Waals surface area contributed by atoms with Crippen LogP contribution in [0.5, 0.6) is 0 Å². The van der Waals surface area contributed by atoms with Gasteiger partial charge in [0.05, 0.1) is 23.8 Å². The van der Waals surface area contributed by atoms with Gasteiger partial charge in [0.1, 0.15) is 12.7 Å². The summed E-state index contributed by atoms with van der Waals surface area (Å²) >= 11 is 0. The molecule has 1 heterocycles. The maximum Gasteiger partial charge on any atom is 0.302 e. The molecule has 6 nitrogen and oxygen atoms in total. The van der Waals surface area contributed by atoms with Crippen LogP contribution in [0, 0.1) is 18.3 Å². The first-order valence-corrected chi connectivity index (χ1v) is 11.4. The van der Waals surface area contributed by atoms with Crippen LogP contribution in [0.25, 0.3) is 0 Å². The average Bonchev–Trinajstić information content (AvgIpc) is 2.79. The Hall–Kier alpha value is -3.17. The quantitative estimate of drug-likeness (QED) is 0.568. The summed E-state index contributed by atoms with van der Waals surface area (Å²) in [5.74, 6) is -0.743. The molecule has 3 atom stereocenters. The van der Waals surface area contributed by atoms with Gasteiger partial charge in [0, 0.05) is 26.7 Å². The Balaban J connectivity index is 1.89. The molecule has 2 aromatic carbocycles. The molecule has 1 saturated heterocycles. The van der Waals surface area contributed by atoms with Crippen LogP contribution in [0.2, 0.25) is 0 Å². The summed E-state index contributed by atoms with van der Waals surface area (Å²) < 4.78 is 16.9. The van der Waals surface area contributed by atoms with E-state index in [0.717, 1.165) is 23.1 Å². The Kier molecular flexibility index (Phi) is 8.24. The summed E-state index contributed by atoms with van der Waals surface area (Å²) in [5, 5.41) is 9.75. The average molecular weight is 450 g/mol. The van der Waals surface area contributed by atoms with E-state index in [2.05, 4.69) is 43.3 Å². The second kappa shape index (κ2) is 11.1. The molecular formula is C27H31NO5. The Bertz CT molecular complexity index is 1040. The molecule has 33 heavy (non-hydrogen) atoms. The Labute approximate surface area is 195 Å². The number of ether oxygens (including phenoxy) is 3. The minimum absolute atomic E-state index is 0.0944. The van der Waals surface area contributed by atoms with Crippen LogP contribution < -0.4 is 0 Å². The van der Waals surface area contributed by atoms with Crippen molar-refractivity contribution in [2.45, 2.75) is 71.7 Å². The van der Waals surface area contributed by atoms with E-state index in [1.54, 1.807) is 0 Å². The molecule has 0 saturated carbocycles. The first kappa shape index (κ1) is 24.5. The third-order valence-electron chi connectivity index (χ3n) is 6.02. The number of nitriles is 1. The normalized spacial score (nSPS) is 20.0. The number of carbonyl (C=O) groups is 2. The number of esters is 2. The topological polar surface area (TPSA) is 85.6 Å². The van der Waals surface area contributed by atoms with Gasteiger partial charge < -0.3 is 14.2 Å². The molecule has 0 unspecified atom stereocenters. The number of rotatable bonds is 7. The van der Waals surface area contributed by atoms with Crippen LogP contribution in [0.1, 0.15) is 73.1 Å². The number of aryl methyl sites for hydroxylation is 1. The van der Waals surface area contributed by atoms with Crippen LogP contribution >= 0.6 is 0 Å². The van der Waals surface area contributed by atoms with E-state index in [0.29, 0.717) is 24.8 Å². The summed E-state index contributed by atoms with van der Waals surface area (Å²) in [6.07, 6.45) is 1.51. The van der Waals surface area contributed by atoms with Gasteiger partial charge in [0.15, 0.2) is 0 Å². The van der Waals surface area contributed by atoms with Crippen molar-refractivity contribution in [2.24, 2.45) is 0 Å². The minimum Gasteiger partial charge on any atom is -0.463 e. The lowest BCUT2D eigenvalue weighted by molar-refractivity contribution is -0.169. The fourth-order valence-electron chi connectivity index (χ4n) is 4.23. The minimum atomic E-state index is -0.395. The number of hydrogen-bond donors (Lipinski definition) is 0. The molecule has 0 aliphatic carbocycles. The van der Waals surface area contributed by atoms with Crippen molar-refractivity contribution in [3.8, 4) is 6.07 Å². The fraction of sp³-hybridized carbons (Fsp3) is 0.444. The molecule has 0 N–H and O–H groups in total. The van der Waals surface area contributed by atoms with Gasteiger partial charge in [0.2, 0.25) is 0 Å². The number of hydrogen-bond acceptors (Lipinski definition) is 6. The van der Waals surface area contributed by atoms with E-state index in [1.807, 2.05) is 13.0 Å². The highest BCUT2D eigenvalue weighted by molar-refractivity contribution is 5.66. The summed E-state index contributed by atoms with van der Waals surface area (Å²) in [4.78, 5) is 22.9. The van der Waals surface area contributed by atoms with Crippen LogP contribution in [0.15, 0.2) is 36.4 Å². The van der Waals surface area contributed by atoms with Crippen LogP contribution in [-0.2, 0) is 36.6 Å². The fourth-order valence-corrected chi connectivity index (χ4v) is 4.23. The van der Waals surface area contributed by atoms with E-state index in [1.165, 1.54) is 25.0 Å². The van der Waals surface area contributed by atoms with E-state index in [4.69, 9.17) is 14.2 Å². The SMILES string of the molecule is CCc1ccc(Cc2cc([C@H]3C[C@@H](OC(C)=O)C[C@@H](COC(C)=O)O3)cc(C#N)c2C)cc1. The van der Waals surface area contributed by atoms with Crippen molar-refractivity contribution in [3.05, 3.63) is 69.8 Å². The Morgan fingerprint density at radius 1 is 1.09 bits per heavy atom. The summed E-state index contributed by atoms with van der Waals surface area (Å²) in [5.41, 5.74) is 5.93. The van der Waals surface area contributed by atoms with Crippen LogP contribution in [-0.4, -0.2) is 30.8 Å². The molecule has 1 aliphatic heterocycles. The van der Waals surface area contributed by atoms with Gasteiger partial charge in [-0.1, -0.05) is 37.3 Å². The van der Waals surface area contributed by atoms with Crippen LogP contribution in [0.3, 0.4) is 0 Å². The van der Waals surface area contributed by atoms with Crippen molar-refractivity contribution in [1.82, 2.24) is 0 Å². The second-order valence-electron chi connectivity index (χ2n) is 8.56. The molecule has 0 spiro atoms. The van der Waals surface area contributed by atoms with Crippen molar-refractivity contribution in [3.63, 3.8) is 0 Å². The smallest absolute Gasteiger partial charge is 0.302 e. The molecule has 3 rings (SSSR count). The molecule has 2 aromatic rings. The van der Waals surface area contributed by atoms with Gasteiger partial charge in [-0.2, -0.15) is 5.26 Å². The first-order valence-electron chi connectivity index (χ1n) is 11.4. The molecule has 174 valence electrons. The van der Waals surface area contributed by atoms with Gasteiger partial charge in [-0.15, -0.1) is 0 Å². The zero-order chi connectivity index (χ0) is 24.0. The Morgan fingerprint density at radius 2 is 1.79 bits per heavy atom. The maximum absolute atomic E-state index is 11.6. The Morgan fingerprint density at radius 3 is 2.39 bits per heavy atom. The highest BCUT2D eigenvalue weighted by Crippen LogP contribution is 2.35. The summed E-state index contributed by atoms with van der Waals surface area (Å²) in [6.45, 7) is 6.92. The largest absolute Gasteiger partial charge is 0.463 e. The van der Waals surface area contributed by atoms with Crippen molar-refractivity contribution in [1.29, 1.82) is 5.26 Å². The molecule has 0 amide bonds. The van der Waals surface area contributed by atoms with E-state index < -0.39 is 6.10 Å². The molecule has 1 aliphatic rings. The van der Waals surface area contributed by atoms with E-state index >= 15 is 0 Å². The third-order valence-corrected chi connectivity index (χ3v) is 6.02. The predicted octanol–water partition coefficient (Wildman–Crippen LogP) is 4.73. The summed E-state index contributed by atoms with van der Waals surface area (Å²) in [7, 11) is 0. The van der Waals surface area contributed by atoms with Gasteiger partial charge in [-0.25, -0.2) is 0 Å². The van der Waals surface area contributed by atoms with Crippen molar-refractivity contribution < 1.29 is 23.8 Å². The summed E-state index contributed by atoms with van der Waals surface area (Å²) in [6, 6.07) is 14.7. The zero-order valence-electron chi connectivity index (χ0n) is 19.7. The molecular weight excluding hydrogens is 418 g/mol. The van der Waals surface area contributed by atoms with Gasteiger partial charge in [-0.3, -0.25) is 9.59 Å². The van der Waals surface area contributed by atoms with Crippen LogP contribution in [0.4, 0.5) is 0 Å². The lowest BCUT2D eigenvalue weighted by Gasteiger charge is -2.35. The van der Waals surface area contributed by atoms with Gasteiger partial charge in [0.25, 0.3) is 0 Å². The molecule has 0 aromatic heterocycles. The van der Waals surface area contributed by atoms with Crippen molar-refractivity contribution in [2.75, 3.05) is 6.61 Å². The highest BCUT2D eigenvalue weighted by atomic mass is 16.6.